The Balaban J connectivity index is 1.77. The van der Waals surface area contributed by atoms with E-state index in [0.29, 0.717) is 11.6 Å². The zero-order chi connectivity index (χ0) is 21.5. The summed E-state index contributed by atoms with van der Waals surface area (Å²) in [6.45, 7) is 4.45. The highest BCUT2D eigenvalue weighted by Crippen LogP contribution is 2.38. The number of aromatic nitrogens is 3. The molecule has 0 aliphatic carbocycles. The van der Waals surface area contributed by atoms with Gasteiger partial charge in [0.2, 0.25) is 0 Å². The van der Waals surface area contributed by atoms with Gasteiger partial charge in [-0.25, -0.2) is 9.18 Å². The molecule has 5 rings (SSSR count). The first-order valence-electron chi connectivity index (χ1n) is 10.7. The molecule has 160 valence electrons. The third-order valence-electron chi connectivity index (χ3n) is 6.07. The highest BCUT2D eigenvalue weighted by atomic mass is 35.5. The lowest BCUT2D eigenvalue weighted by Gasteiger charge is -2.29. The summed E-state index contributed by atoms with van der Waals surface area (Å²) in [7, 11) is 0. The molecule has 4 aromatic rings. The van der Waals surface area contributed by atoms with E-state index in [2.05, 4.69) is 9.88 Å². The van der Waals surface area contributed by atoms with Gasteiger partial charge in [-0.2, -0.15) is 0 Å². The lowest BCUT2D eigenvalue weighted by molar-refractivity contribution is 0.560. The Morgan fingerprint density at radius 2 is 1.81 bits per heavy atom. The number of nitrogens with zero attached hydrogens (tertiary/aromatic N) is 3. The minimum Gasteiger partial charge on any atom is -0.356 e. The van der Waals surface area contributed by atoms with Crippen LogP contribution in [0.4, 0.5) is 10.2 Å². The molecule has 5 nitrogen and oxygen atoms in total. The molecule has 1 aliphatic heterocycles. The molecule has 0 atom stereocenters. The van der Waals surface area contributed by atoms with Crippen LogP contribution in [0.2, 0.25) is 5.02 Å². The first kappa shape index (κ1) is 19.9. The third-order valence-corrected chi connectivity index (χ3v) is 6.30. The van der Waals surface area contributed by atoms with Crippen LogP contribution in [0, 0.1) is 5.82 Å². The minimum absolute atomic E-state index is 0.109. The Morgan fingerprint density at radius 3 is 2.52 bits per heavy atom. The number of aromatic amines is 1. The highest BCUT2D eigenvalue weighted by Gasteiger charge is 2.25. The van der Waals surface area contributed by atoms with Crippen molar-refractivity contribution in [1.29, 1.82) is 0 Å². The quantitative estimate of drug-likeness (QED) is 0.451. The van der Waals surface area contributed by atoms with Crippen molar-refractivity contribution in [3.05, 3.63) is 70.0 Å². The number of halogens is 2. The molecule has 3 heterocycles. The highest BCUT2D eigenvalue weighted by molar-refractivity contribution is 6.31. The molecule has 0 spiro atoms. The van der Waals surface area contributed by atoms with Gasteiger partial charge in [0.1, 0.15) is 11.6 Å². The molecular formula is C24H24ClFN4O. The Kier molecular flexibility index (Phi) is 5.10. The molecule has 1 aliphatic rings. The second kappa shape index (κ2) is 7.93. The zero-order valence-electron chi connectivity index (χ0n) is 17.4. The zero-order valence-corrected chi connectivity index (χ0v) is 18.1. The molecule has 1 saturated heterocycles. The number of piperidine rings is 1. The molecule has 0 bridgehead atoms. The van der Waals surface area contributed by atoms with E-state index in [-0.39, 0.29) is 11.5 Å². The van der Waals surface area contributed by atoms with Gasteiger partial charge in [-0.1, -0.05) is 11.6 Å². The van der Waals surface area contributed by atoms with E-state index < -0.39 is 0 Å². The second-order valence-corrected chi connectivity index (χ2v) is 8.41. The van der Waals surface area contributed by atoms with Crippen LogP contribution in [-0.2, 0) is 6.54 Å². The summed E-state index contributed by atoms with van der Waals surface area (Å²) in [5.74, 6) is 0.658. The molecule has 0 saturated carbocycles. The van der Waals surface area contributed by atoms with Crippen LogP contribution in [0.1, 0.15) is 26.2 Å². The van der Waals surface area contributed by atoms with Crippen molar-refractivity contribution in [2.45, 2.75) is 32.7 Å². The van der Waals surface area contributed by atoms with Gasteiger partial charge in [0.25, 0.3) is 0 Å². The summed E-state index contributed by atoms with van der Waals surface area (Å²) >= 11 is 6.36. The molecule has 1 N–H and O–H groups in total. The maximum absolute atomic E-state index is 13.5. The van der Waals surface area contributed by atoms with E-state index in [9.17, 15) is 9.18 Å². The lowest BCUT2D eigenvalue weighted by atomic mass is 10.1. The Labute approximate surface area is 184 Å². The average molecular weight is 439 g/mol. The maximum Gasteiger partial charge on any atom is 0.327 e. The van der Waals surface area contributed by atoms with Crippen LogP contribution in [0.15, 0.2) is 53.5 Å². The van der Waals surface area contributed by atoms with Gasteiger partial charge in [-0.05, 0) is 68.7 Å². The molecule has 0 amide bonds. The largest absolute Gasteiger partial charge is 0.356 e. The fraction of sp³-hybridized carbons (Fsp3) is 0.292. The van der Waals surface area contributed by atoms with Crippen LogP contribution in [0.25, 0.3) is 27.8 Å². The van der Waals surface area contributed by atoms with E-state index in [4.69, 9.17) is 11.6 Å². The number of benzene rings is 2. The van der Waals surface area contributed by atoms with E-state index >= 15 is 0 Å². The summed E-state index contributed by atoms with van der Waals surface area (Å²) in [4.78, 5) is 18.3. The standard InChI is InChI=1S/C24H24ClFN4O/c1-2-29-23(28-12-4-3-5-13-28)22(27-24(29)31)20-15-30(18-9-7-17(26)8-10-18)21-11-6-16(25)14-19(20)21/h6-11,14-15H,2-5,12-13H2,1H3,(H,27,31). The fourth-order valence-corrected chi connectivity index (χ4v) is 4.77. The molecule has 0 unspecified atom stereocenters. The summed E-state index contributed by atoms with van der Waals surface area (Å²) in [6, 6.07) is 12.1. The van der Waals surface area contributed by atoms with Crippen LogP contribution < -0.4 is 10.6 Å². The molecular weight excluding hydrogens is 415 g/mol. The summed E-state index contributed by atoms with van der Waals surface area (Å²) in [5, 5.41) is 1.57. The van der Waals surface area contributed by atoms with Gasteiger partial charge in [0.05, 0.1) is 11.2 Å². The molecule has 31 heavy (non-hydrogen) atoms. The number of hydrogen-bond donors (Lipinski definition) is 1. The Bertz CT molecular complexity index is 1300. The van der Waals surface area contributed by atoms with Crippen molar-refractivity contribution in [3.63, 3.8) is 0 Å². The van der Waals surface area contributed by atoms with Crippen molar-refractivity contribution in [2.24, 2.45) is 0 Å². The van der Waals surface area contributed by atoms with Gasteiger partial charge in [-0.15, -0.1) is 0 Å². The third kappa shape index (κ3) is 3.45. The summed E-state index contributed by atoms with van der Waals surface area (Å²) in [5.41, 5.74) is 3.40. The monoisotopic (exact) mass is 438 g/mol. The smallest absolute Gasteiger partial charge is 0.327 e. The van der Waals surface area contributed by atoms with Gasteiger partial charge in [0, 0.05) is 47.5 Å². The molecule has 2 aromatic carbocycles. The molecule has 2 aromatic heterocycles. The van der Waals surface area contributed by atoms with Crippen LogP contribution in [-0.4, -0.2) is 27.2 Å². The van der Waals surface area contributed by atoms with Crippen molar-refractivity contribution in [1.82, 2.24) is 14.1 Å². The van der Waals surface area contributed by atoms with Crippen molar-refractivity contribution in [2.75, 3.05) is 18.0 Å². The number of H-pyrrole nitrogens is 1. The lowest BCUT2D eigenvalue weighted by Crippen LogP contribution is -2.33. The Hall–Kier alpha value is -2.99. The van der Waals surface area contributed by atoms with Gasteiger partial charge in [0.15, 0.2) is 0 Å². The van der Waals surface area contributed by atoms with Gasteiger partial charge in [-0.3, -0.25) is 4.57 Å². The van der Waals surface area contributed by atoms with E-state index in [1.54, 1.807) is 12.1 Å². The number of hydrogen-bond acceptors (Lipinski definition) is 2. The fourth-order valence-electron chi connectivity index (χ4n) is 4.59. The second-order valence-electron chi connectivity index (χ2n) is 7.97. The average Bonchev–Trinajstić information content (AvgIpc) is 3.31. The van der Waals surface area contributed by atoms with Gasteiger partial charge >= 0.3 is 5.69 Å². The van der Waals surface area contributed by atoms with Crippen molar-refractivity contribution < 1.29 is 4.39 Å². The molecule has 0 radical (unpaired) electrons. The van der Waals surface area contributed by atoms with E-state index in [0.717, 1.165) is 59.6 Å². The van der Waals surface area contributed by atoms with Crippen LogP contribution in [0.3, 0.4) is 0 Å². The minimum atomic E-state index is -0.278. The first-order chi connectivity index (χ1) is 15.1. The van der Waals surface area contributed by atoms with Crippen LogP contribution >= 0.6 is 11.6 Å². The Morgan fingerprint density at radius 1 is 1.06 bits per heavy atom. The summed E-state index contributed by atoms with van der Waals surface area (Å²) < 4.78 is 17.3. The van der Waals surface area contributed by atoms with E-state index in [1.165, 1.54) is 18.6 Å². The number of imidazole rings is 1. The van der Waals surface area contributed by atoms with Crippen molar-refractivity contribution >= 4 is 28.3 Å². The predicted molar refractivity (Wildman–Crippen MR) is 124 cm³/mol. The number of anilines is 1. The van der Waals surface area contributed by atoms with Crippen molar-refractivity contribution in [3.8, 4) is 16.9 Å². The van der Waals surface area contributed by atoms with Gasteiger partial charge < -0.3 is 14.5 Å². The number of fused-ring (bicyclic) bond motifs is 1. The number of rotatable bonds is 4. The SMILES string of the molecule is CCn1c(N2CCCCC2)c(-c2cn(-c3ccc(F)cc3)c3ccc(Cl)cc23)[nH]c1=O. The van der Waals surface area contributed by atoms with E-state index in [1.807, 2.05) is 40.5 Å². The molecule has 7 heteroatoms. The normalized spacial score (nSPS) is 14.5. The topological polar surface area (TPSA) is 46.0 Å². The predicted octanol–water partition coefficient (Wildman–Crippen LogP) is 5.59. The molecule has 1 fully saturated rings. The van der Waals surface area contributed by atoms with Crippen LogP contribution in [0.5, 0.6) is 0 Å². The summed E-state index contributed by atoms with van der Waals surface area (Å²) in [6.07, 6.45) is 5.45. The number of nitrogens with one attached hydrogen (secondary N) is 1. The first-order valence-corrected chi connectivity index (χ1v) is 11.1. The maximum atomic E-state index is 13.5.